The van der Waals surface area contributed by atoms with E-state index in [1.165, 1.54) is 12.1 Å². The molecule has 0 aliphatic carbocycles. The van der Waals surface area contributed by atoms with E-state index in [4.69, 9.17) is 15.2 Å². The van der Waals surface area contributed by atoms with Crippen molar-refractivity contribution in [2.24, 2.45) is 5.73 Å². The molecule has 0 aliphatic heterocycles. The largest absolute Gasteiger partial charge is 0.468 e. The summed E-state index contributed by atoms with van der Waals surface area (Å²) in [6.45, 7) is 1.36. The maximum atomic E-state index is 12.5. The van der Waals surface area contributed by atoms with Crippen molar-refractivity contribution in [2.75, 3.05) is 19.9 Å². The van der Waals surface area contributed by atoms with Gasteiger partial charge in [0, 0.05) is 0 Å². The van der Waals surface area contributed by atoms with Crippen LogP contribution in [0.15, 0.2) is 24.3 Å². The van der Waals surface area contributed by atoms with Crippen LogP contribution >= 0.6 is 0 Å². The molecule has 4 heteroatoms. The first kappa shape index (κ1) is 10.9. The van der Waals surface area contributed by atoms with Gasteiger partial charge in [-0.15, -0.1) is 0 Å². The van der Waals surface area contributed by atoms with Crippen molar-refractivity contribution in [1.82, 2.24) is 0 Å². The van der Waals surface area contributed by atoms with Crippen molar-refractivity contribution in [3.8, 4) is 5.75 Å². The average molecular weight is 199 g/mol. The van der Waals surface area contributed by atoms with Gasteiger partial charge in [0.2, 0.25) is 0 Å². The van der Waals surface area contributed by atoms with Crippen LogP contribution in [0.5, 0.6) is 5.75 Å². The fourth-order valence-electron chi connectivity index (χ4n) is 0.885. The first-order chi connectivity index (χ1) is 6.83. The third-order valence-corrected chi connectivity index (χ3v) is 1.62. The molecule has 0 bridgehead atoms. The van der Waals surface area contributed by atoms with E-state index in [0.717, 1.165) is 6.42 Å². The molecule has 0 saturated carbocycles. The highest BCUT2D eigenvalue weighted by Crippen LogP contribution is 2.10. The molecule has 0 amide bonds. The highest BCUT2D eigenvalue weighted by atomic mass is 19.1. The molecule has 0 atom stereocenters. The Kier molecular flexibility index (Phi) is 4.96. The first-order valence-electron chi connectivity index (χ1n) is 4.49. The molecule has 0 spiro atoms. The second-order valence-electron chi connectivity index (χ2n) is 2.77. The first-order valence-corrected chi connectivity index (χ1v) is 4.49. The predicted molar refractivity (Wildman–Crippen MR) is 51.5 cm³/mol. The van der Waals surface area contributed by atoms with Crippen LogP contribution in [0.1, 0.15) is 6.42 Å². The molecule has 0 unspecified atom stereocenters. The van der Waals surface area contributed by atoms with Crippen molar-refractivity contribution < 1.29 is 13.9 Å². The van der Waals surface area contributed by atoms with Gasteiger partial charge in [0.15, 0.2) is 6.79 Å². The summed E-state index contributed by atoms with van der Waals surface area (Å²) in [5, 5.41) is 0. The summed E-state index contributed by atoms with van der Waals surface area (Å²) in [4.78, 5) is 0. The lowest BCUT2D eigenvalue weighted by molar-refractivity contribution is 0.0149. The Morgan fingerprint density at radius 2 is 1.93 bits per heavy atom. The standard InChI is InChI=1S/C10H14FNO2/c11-9-2-4-10(5-3-9)14-8-13-7-1-6-12/h2-5H,1,6-8,12H2. The van der Waals surface area contributed by atoms with Crippen molar-refractivity contribution in [3.05, 3.63) is 30.1 Å². The number of hydrogen-bond donors (Lipinski definition) is 1. The molecule has 1 aromatic carbocycles. The van der Waals surface area contributed by atoms with Crippen LogP contribution in [-0.2, 0) is 4.74 Å². The molecule has 0 aromatic heterocycles. The van der Waals surface area contributed by atoms with Crippen LogP contribution in [0.3, 0.4) is 0 Å². The van der Waals surface area contributed by atoms with E-state index >= 15 is 0 Å². The molecule has 0 fully saturated rings. The van der Waals surface area contributed by atoms with Crippen molar-refractivity contribution in [1.29, 1.82) is 0 Å². The summed E-state index contributed by atoms with van der Waals surface area (Å²) in [5.74, 6) is 0.320. The van der Waals surface area contributed by atoms with Crippen LogP contribution in [0.4, 0.5) is 4.39 Å². The molecule has 1 aromatic rings. The van der Waals surface area contributed by atoms with Crippen LogP contribution in [0.25, 0.3) is 0 Å². The Bertz CT molecular complexity index is 251. The Morgan fingerprint density at radius 3 is 2.57 bits per heavy atom. The second-order valence-corrected chi connectivity index (χ2v) is 2.77. The van der Waals surface area contributed by atoms with Gasteiger partial charge in [0.1, 0.15) is 11.6 Å². The number of benzene rings is 1. The monoisotopic (exact) mass is 199 g/mol. The third-order valence-electron chi connectivity index (χ3n) is 1.62. The number of hydrogen-bond acceptors (Lipinski definition) is 3. The van der Waals surface area contributed by atoms with Gasteiger partial charge >= 0.3 is 0 Å². The predicted octanol–water partition coefficient (Wildman–Crippen LogP) is 1.53. The molecule has 0 radical (unpaired) electrons. The lowest BCUT2D eigenvalue weighted by Crippen LogP contribution is -2.08. The van der Waals surface area contributed by atoms with E-state index in [-0.39, 0.29) is 12.6 Å². The summed E-state index contributed by atoms with van der Waals surface area (Å²) < 4.78 is 22.8. The molecule has 78 valence electrons. The normalized spacial score (nSPS) is 10.1. The Morgan fingerprint density at radius 1 is 1.21 bits per heavy atom. The number of nitrogens with two attached hydrogens (primary N) is 1. The zero-order chi connectivity index (χ0) is 10.2. The van der Waals surface area contributed by atoms with Crippen LogP contribution in [-0.4, -0.2) is 19.9 Å². The van der Waals surface area contributed by atoms with Gasteiger partial charge in [-0.1, -0.05) is 0 Å². The molecule has 0 saturated heterocycles. The summed E-state index contributed by atoms with van der Waals surface area (Å²) in [7, 11) is 0. The van der Waals surface area contributed by atoms with Gasteiger partial charge in [0.25, 0.3) is 0 Å². The number of rotatable bonds is 6. The zero-order valence-corrected chi connectivity index (χ0v) is 7.91. The summed E-state index contributed by atoms with van der Waals surface area (Å²) in [5.41, 5.74) is 5.28. The van der Waals surface area contributed by atoms with E-state index in [2.05, 4.69) is 0 Å². The SMILES string of the molecule is NCCCOCOc1ccc(F)cc1. The summed E-state index contributed by atoms with van der Waals surface area (Å²) >= 11 is 0. The van der Waals surface area contributed by atoms with E-state index in [9.17, 15) is 4.39 Å². The molecule has 2 N–H and O–H groups in total. The third kappa shape index (κ3) is 4.20. The number of ether oxygens (including phenoxy) is 2. The van der Waals surface area contributed by atoms with Gasteiger partial charge in [0.05, 0.1) is 6.61 Å². The molecule has 3 nitrogen and oxygen atoms in total. The molecule has 1 rings (SSSR count). The molecule has 14 heavy (non-hydrogen) atoms. The van der Waals surface area contributed by atoms with Crippen molar-refractivity contribution in [3.63, 3.8) is 0 Å². The average Bonchev–Trinajstić information content (AvgIpc) is 2.21. The van der Waals surface area contributed by atoms with Crippen LogP contribution in [0.2, 0.25) is 0 Å². The molecular weight excluding hydrogens is 185 g/mol. The minimum absolute atomic E-state index is 0.172. The minimum atomic E-state index is -0.276. The van der Waals surface area contributed by atoms with Gasteiger partial charge in [-0.05, 0) is 37.2 Å². The lowest BCUT2D eigenvalue weighted by atomic mass is 10.3. The molecular formula is C10H14FNO2. The Balaban J connectivity index is 2.15. The maximum Gasteiger partial charge on any atom is 0.189 e. The summed E-state index contributed by atoms with van der Waals surface area (Å²) in [6.07, 6.45) is 0.812. The maximum absolute atomic E-state index is 12.5. The molecule has 0 aliphatic rings. The number of halogens is 1. The van der Waals surface area contributed by atoms with E-state index < -0.39 is 0 Å². The van der Waals surface area contributed by atoms with E-state index in [1.807, 2.05) is 0 Å². The molecule has 0 heterocycles. The van der Waals surface area contributed by atoms with E-state index in [1.54, 1.807) is 12.1 Å². The Labute approximate surface area is 82.6 Å². The Hall–Kier alpha value is -1.13. The van der Waals surface area contributed by atoms with Gasteiger partial charge in [-0.2, -0.15) is 0 Å². The van der Waals surface area contributed by atoms with Crippen molar-refractivity contribution in [2.45, 2.75) is 6.42 Å². The van der Waals surface area contributed by atoms with Crippen LogP contribution in [0, 0.1) is 5.82 Å². The second kappa shape index (κ2) is 6.34. The fraction of sp³-hybridized carbons (Fsp3) is 0.400. The van der Waals surface area contributed by atoms with Gasteiger partial charge in [-0.3, -0.25) is 0 Å². The fourth-order valence-corrected chi connectivity index (χ4v) is 0.885. The summed E-state index contributed by atoms with van der Waals surface area (Å²) in [6, 6.07) is 5.80. The van der Waals surface area contributed by atoms with Crippen molar-refractivity contribution >= 4 is 0 Å². The zero-order valence-electron chi connectivity index (χ0n) is 7.91. The topological polar surface area (TPSA) is 44.5 Å². The lowest BCUT2D eigenvalue weighted by Gasteiger charge is -2.06. The quantitative estimate of drug-likeness (QED) is 0.558. The van der Waals surface area contributed by atoms with E-state index in [0.29, 0.717) is 18.9 Å². The highest BCUT2D eigenvalue weighted by molar-refractivity contribution is 5.21. The van der Waals surface area contributed by atoms with Gasteiger partial charge < -0.3 is 15.2 Å². The highest BCUT2D eigenvalue weighted by Gasteiger charge is 1.93. The van der Waals surface area contributed by atoms with Crippen LogP contribution < -0.4 is 10.5 Å². The van der Waals surface area contributed by atoms with Gasteiger partial charge in [-0.25, -0.2) is 4.39 Å². The minimum Gasteiger partial charge on any atom is -0.468 e. The smallest absolute Gasteiger partial charge is 0.189 e.